The van der Waals surface area contributed by atoms with Gasteiger partial charge < -0.3 is 9.88 Å². The van der Waals surface area contributed by atoms with Crippen LogP contribution in [0, 0.1) is 12.8 Å². The van der Waals surface area contributed by atoms with Crippen molar-refractivity contribution in [2.45, 2.75) is 24.8 Å². The Morgan fingerprint density at radius 3 is 2.84 bits per heavy atom. The second-order valence-electron chi connectivity index (χ2n) is 5.24. The second-order valence-corrected chi connectivity index (χ2v) is 7.23. The Hall–Kier alpha value is -0.920. The molecule has 0 aliphatic carbocycles. The summed E-state index contributed by atoms with van der Waals surface area (Å²) in [5.41, 5.74) is 0. The largest absolute Gasteiger partial charge is 0.337 e. The molecule has 1 atom stereocenters. The molecule has 1 aliphatic heterocycles. The summed E-state index contributed by atoms with van der Waals surface area (Å²) in [7, 11) is -0.0355. The van der Waals surface area contributed by atoms with Gasteiger partial charge in [-0.1, -0.05) is 0 Å². The number of sulfonamides is 1. The molecule has 19 heavy (non-hydrogen) atoms. The zero-order chi connectivity index (χ0) is 14.0. The maximum atomic E-state index is 12.4. The fraction of sp³-hybridized carbons (Fsp3) is 0.750. The van der Waals surface area contributed by atoms with E-state index >= 15 is 0 Å². The Balaban J connectivity index is 2.10. The predicted octanol–water partition coefficient (Wildman–Crippen LogP) is 0.349. The van der Waals surface area contributed by atoms with E-state index in [2.05, 4.69) is 10.3 Å². The Morgan fingerprint density at radius 2 is 2.32 bits per heavy atom. The van der Waals surface area contributed by atoms with E-state index in [1.54, 1.807) is 31.8 Å². The van der Waals surface area contributed by atoms with Crippen molar-refractivity contribution in [2.75, 3.05) is 26.7 Å². The van der Waals surface area contributed by atoms with Gasteiger partial charge in [-0.15, -0.1) is 0 Å². The topological polar surface area (TPSA) is 67.2 Å². The van der Waals surface area contributed by atoms with Gasteiger partial charge in [-0.25, -0.2) is 13.4 Å². The fourth-order valence-electron chi connectivity index (χ4n) is 2.35. The first-order chi connectivity index (χ1) is 8.91. The summed E-state index contributed by atoms with van der Waals surface area (Å²) in [6.45, 7) is 4.27. The van der Waals surface area contributed by atoms with Crippen LogP contribution in [0.15, 0.2) is 11.2 Å². The molecule has 1 N–H and O–H groups in total. The summed E-state index contributed by atoms with van der Waals surface area (Å²) in [5, 5.41) is 3.44. The van der Waals surface area contributed by atoms with E-state index in [9.17, 15) is 8.42 Å². The van der Waals surface area contributed by atoms with Crippen LogP contribution in [0.4, 0.5) is 0 Å². The van der Waals surface area contributed by atoms with Crippen molar-refractivity contribution in [3.8, 4) is 0 Å². The highest BCUT2D eigenvalue weighted by Gasteiger charge is 2.27. The van der Waals surface area contributed by atoms with Gasteiger partial charge in [-0.05, 0) is 38.8 Å². The minimum absolute atomic E-state index is 0.138. The highest BCUT2D eigenvalue weighted by Crippen LogP contribution is 2.17. The Morgan fingerprint density at radius 1 is 1.58 bits per heavy atom. The number of nitrogens with zero attached hydrogens (tertiary/aromatic N) is 3. The van der Waals surface area contributed by atoms with Crippen LogP contribution < -0.4 is 5.32 Å². The highest BCUT2D eigenvalue weighted by atomic mass is 32.2. The molecule has 1 unspecified atom stereocenters. The van der Waals surface area contributed by atoms with Crippen LogP contribution in [-0.2, 0) is 17.1 Å². The molecule has 1 aromatic heterocycles. The van der Waals surface area contributed by atoms with Crippen molar-refractivity contribution in [3.05, 3.63) is 12.0 Å². The summed E-state index contributed by atoms with van der Waals surface area (Å²) in [5.74, 6) is 1.09. The van der Waals surface area contributed by atoms with Crippen molar-refractivity contribution in [3.63, 3.8) is 0 Å². The number of imidazole rings is 1. The molecule has 0 amide bonds. The predicted molar refractivity (Wildman–Crippen MR) is 73.4 cm³/mol. The minimum atomic E-state index is -3.47. The number of rotatable bonds is 4. The summed E-state index contributed by atoms with van der Waals surface area (Å²) < 4.78 is 28.0. The van der Waals surface area contributed by atoms with E-state index in [4.69, 9.17) is 0 Å². The molecule has 0 aromatic carbocycles. The van der Waals surface area contributed by atoms with Gasteiger partial charge in [-0.3, -0.25) is 0 Å². The summed E-state index contributed by atoms with van der Waals surface area (Å²) in [6.07, 6.45) is 3.76. The Labute approximate surface area is 114 Å². The van der Waals surface area contributed by atoms with Gasteiger partial charge in [-0.2, -0.15) is 4.31 Å². The van der Waals surface area contributed by atoms with Crippen LogP contribution >= 0.6 is 0 Å². The van der Waals surface area contributed by atoms with Crippen molar-refractivity contribution >= 4 is 10.0 Å². The van der Waals surface area contributed by atoms with Gasteiger partial charge in [0.1, 0.15) is 5.82 Å². The summed E-state index contributed by atoms with van der Waals surface area (Å²) in [6, 6.07) is 0. The van der Waals surface area contributed by atoms with E-state index in [1.807, 2.05) is 0 Å². The van der Waals surface area contributed by atoms with Gasteiger partial charge in [0.15, 0.2) is 5.03 Å². The zero-order valence-electron chi connectivity index (χ0n) is 11.8. The van der Waals surface area contributed by atoms with Crippen LogP contribution in [0.25, 0.3) is 0 Å². The zero-order valence-corrected chi connectivity index (χ0v) is 12.6. The minimum Gasteiger partial charge on any atom is -0.337 e. The van der Waals surface area contributed by atoms with Gasteiger partial charge in [0.25, 0.3) is 10.0 Å². The van der Waals surface area contributed by atoms with Crippen LogP contribution in [-0.4, -0.2) is 49.0 Å². The first kappa shape index (κ1) is 14.5. The normalized spacial score (nSPS) is 20.9. The van der Waals surface area contributed by atoms with E-state index in [0.29, 0.717) is 18.3 Å². The highest BCUT2D eigenvalue weighted by molar-refractivity contribution is 7.89. The van der Waals surface area contributed by atoms with Crippen molar-refractivity contribution in [2.24, 2.45) is 13.0 Å². The third-order valence-electron chi connectivity index (χ3n) is 3.68. The lowest BCUT2D eigenvalue weighted by Crippen LogP contribution is -2.39. The van der Waals surface area contributed by atoms with Gasteiger partial charge in [0.2, 0.25) is 0 Å². The third kappa shape index (κ3) is 3.16. The van der Waals surface area contributed by atoms with E-state index in [-0.39, 0.29) is 5.03 Å². The van der Waals surface area contributed by atoms with Crippen LogP contribution in [0.2, 0.25) is 0 Å². The average Bonchev–Trinajstić information content (AvgIpc) is 2.71. The molecule has 1 saturated heterocycles. The molecule has 0 bridgehead atoms. The van der Waals surface area contributed by atoms with Crippen LogP contribution in [0.1, 0.15) is 18.7 Å². The molecule has 6 nitrogen and oxygen atoms in total. The Bertz CT molecular complexity index is 512. The monoisotopic (exact) mass is 286 g/mol. The SMILES string of the molecule is Cc1nc(S(=O)(=O)N(C)CC2CCCNC2)cn1C. The molecule has 108 valence electrons. The molecule has 2 heterocycles. The maximum absolute atomic E-state index is 12.4. The molecule has 1 fully saturated rings. The molecule has 0 spiro atoms. The van der Waals surface area contributed by atoms with Gasteiger partial charge >= 0.3 is 0 Å². The molecular weight excluding hydrogens is 264 g/mol. The first-order valence-electron chi connectivity index (χ1n) is 6.58. The van der Waals surface area contributed by atoms with Crippen LogP contribution in [0.5, 0.6) is 0 Å². The maximum Gasteiger partial charge on any atom is 0.261 e. The standard InChI is InChI=1S/C12H22N4O2S/c1-10-14-12(9-15(10)2)19(17,18)16(3)8-11-5-4-6-13-7-11/h9,11,13H,4-8H2,1-3H3. The van der Waals surface area contributed by atoms with E-state index in [1.165, 1.54) is 4.31 Å². The van der Waals surface area contributed by atoms with E-state index < -0.39 is 10.0 Å². The average molecular weight is 286 g/mol. The lowest BCUT2D eigenvalue weighted by atomic mass is 10.00. The van der Waals surface area contributed by atoms with E-state index in [0.717, 1.165) is 25.9 Å². The van der Waals surface area contributed by atoms with Gasteiger partial charge in [0, 0.05) is 26.8 Å². The number of hydrogen-bond donors (Lipinski definition) is 1. The lowest BCUT2D eigenvalue weighted by molar-refractivity contribution is 0.314. The number of nitrogens with one attached hydrogen (secondary N) is 1. The molecular formula is C12H22N4O2S. The number of hydrogen-bond acceptors (Lipinski definition) is 4. The number of aryl methyl sites for hydroxylation is 2. The summed E-state index contributed by atoms with van der Waals surface area (Å²) in [4.78, 5) is 4.11. The molecule has 2 rings (SSSR count). The van der Waals surface area contributed by atoms with Crippen LogP contribution in [0.3, 0.4) is 0 Å². The molecule has 1 aromatic rings. The molecule has 1 aliphatic rings. The molecule has 0 radical (unpaired) electrons. The number of aromatic nitrogens is 2. The first-order valence-corrected chi connectivity index (χ1v) is 8.02. The number of piperidine rings is 1. The molecule has 0 saturated carbocycles. The van der Waals surface area contributed by atoms with Crippen molar-refractivity contribution in [1.82, 2.24) is 19.2 Å². The van der Waals surface area contributed by atoms with Crippen molar-refractivity contribution in [1.29, 1.82) is 0 Å². The fourth-order valence-corrected chi connectivity index (χ4v) is 3.62. The lowest BCUT2D eigenvalue weighted by Gasteiger charge is -2.26. The van der Waals surface area contributed by atoms with Gasteiger partial charge in [0.05, 0.1) is 0 Å². The van der Waals surface area contributed by atoms with Crippen molar-refractivity contribution < 1.29 is 8.42 Å². The second kappa shape index (κ2) is 5.60. The quantitative estimate of drug-likeness (QED) is 0.867. The molecule has 7 heteroatoms. The summed E-state index contributed by atoms with van der Waals surface area (Å²) >= 11 is 0. The smallest absolute Gasteiger partial charge is 0.261 e. The third-order valence-corrected chi connectivity index (χ3v) is 5.37. The Kier molecular flexibility index (Phi) is 4.27.